The molecular formula is C23H21N3O3. The van der Waals surface area contributed by atoms with E-state index in [2.05, 4.69) is 16.7 Å². The molecule has 146 valence electrons. The lowest BCUT2D eigenvalue weighted by molar-refractivity contribution is -0.123. The van der Waals surface area contributed by atoms with Crippen LogP contribution in [0.4, 0.5) is 5.69 Å². The van der Waals surface area contributed by atoms with Gasteiger partial charge in [-0.05, 0) is 48.9 Å². The first-order chi connectivity index (χ1) is 14.0. The van der Waals surface area contributed by atoms with Gasteiger partial charge in [-0.3, -0.25) is 9.59 Å². The number of nitrogens with one attached hydrogen (secondary N) is 2. The Morgan fingerprint density at radius 1 is 1.03 bits per heavy atom. The number of carbonyl (C=O) groups is 2. The summed E-state index contributed by atoms with van der Waals surface area (Å²) < 4.78 is 5.69. The molecule has 0 heterocycles. The van der Waals surface area contributed by atoms with Crippen molar-refractivity contribution in [3.8, 4) is 11.8 Å². The van der Waals surface area contributed by atoms with Gasteiger partial charge in [-0.15, -0.1) is 0 Å². The minimum absolute atomic E-state index is 0.00652. The van der Waals surface area contributed by atoms with Crippen LogP contribution < -0.4 is 15.4 Å². The monoisotopic (exact) mass is 387 g/mol. The molecule has 0 saturated carbocycles. The fourth-order valence-corrected chi connectivity index (χ4v) is 2.90. The zero-order valence-electron chi connectivity index (χ0n) is 16.2. The van der Waals surface area contributed by atoms with Crippen LogP contribution in [0.5, 0.6) is 5.75 Å². The van der Waals surface area contributed by atoms with Crippen LogP contribution in [0.1, 0.15) is 29.8 Å². The Kier molecular flexibility index (Phi) is 6.10. The summed E-state index contributed by atoms with van der Waals surface area (Å²) in [5, 5.41) is 16.5. The normalized spacial score (nSPS) is 10.4. The number of rotatable bonds is 6. The molecule has 0 radical (unpaired) electrons. The van der Waals surface area contributed by atoms with E-state index in [0.29, 0.717) is 17.0 Å². The molecule has 0 aromatic heterocycles. The minimum atomic E-state index is -0.419. The van der Waals surface area contributed by atoms with Crippen molar-refractivity contribution >= 4 is 28.3 Å². The van der Waals surface area contributed by atoms with Crippen molar-refractivity contribution in [2.24, 2.45) is 0 Å². The SMILES string of the molecule is CC(C)NC(=O)COc1cc2ccccc2cc1C(=O)Nc1ccccc1C#N. The van der Waals surface area contributed by atoms with Gasteiger partial charge in [-0.1, -0.05) is 36.4 Å². The Balaban J connectivity index is 1.93. The summed E-state index contributed by atoms with van der Waals surface area (Å²) in [5.74, 6) is -0.387. The lowest BCUT2D eigenvalue weighted by Gasteiger charge is -2.14. The maximum atomic E-state index is 13.0. The molecule has 29 heavy (non-hydrogen) atoms. The van der Waals surface area contributed by atoms with Crippen LogP contribution in [-0.4, -0.2) is 24.5 Å². The molecule has 0 saturated heterocycles. The molecule has 6 nitrogen and oxygen atoms in total. The van der Waals surface area contributed by atoms with Gasteiger partial charge in [0.15, 0.2) is 6.61 Å². The van der Waals surface area contributed by atoms with Gasteiger partial charge in [0.2, 0.25) is 0 Å². The van der Waals surface area contributed by atoms with Crippen LogP contribution in [0.3, 0.4) is 0 Å². The second-order valence-corrected chi connectivity index (χ2v) is 6.82. The van der Waals surface area contributed by atoms with Crippen molar-refractivity contribution in [3.05, 3.63) is 71.8 Å². The smallest absolute Gasteiger partial charge is 0.259 e. The number of benzene rings is 3. The van der Waals surface area contributed by atoms with Crippen LogP contribution >= 0.6 is 0 Å². The van der Waals surface area contributed by atoms with Crippen molar-refractivity contribution < 1.29 is 14.3 Å². The minimum Gasteiger partial charge on any atom is -0.483 e. The Morgan fingerprint density at radius 3 is 2.38 bits per heavy atom. The Hall–Kier alpha value is -3.85. The molecule has 3 rings (SSSR count). The van der Waals surface area contributed by atoms with Crippen molar-refractivity contribution in [2.45, 2.75) is 19.9 Å². The third-order valence-electron chi connectivity index (χ3n) is 4.20. The second kappa shape index (κ2) is 8.89. The quantitative estimate of drug-likeness (QED) is 0.672. The molecule has 0 fully saturated rings. The topological polar surface area (TPSA) is 91.2 Å². The first-order valence-corrected chi connectivity index (χ1v) is 9.23. The zero-order chi connectivity index (χ0) is 20.8. The van der Waals surface area contributed by atoms with Crippen molar-refractivity contribution in [1.29, 1.82) is 5.26 Å². The number of ether oxygens (including phenoxy) is 1. The van der Waals surface area contributed by atoms with Gasteiger partial charge in [0.25, 0.3) is 11.8 Å². The van der Waals surface area contributed by atoms with Gasteiger partial charge in [-0.2, -0.15) is 5.26 Å². The molecule has 6 heteroatoms. The van der Waals surface area contributed by atoms with E-state index < -0.39 is 5.91 Å². The molecule has 2 amide bonds. The number of nitrogens with zero attached hydrogens (tertiary/aromatic N) is 1. The van der Waals surface area contributed by atoms with Crippen molar-refractivity contribution in [3.63, 3.8) is 0 Å². The Morgan fingerprint density at radius 2 is 1.69 bits per heavy atom. The molecule has 0 aliphatic heterocycles. The van der Waals surface area contributed by atoms with E-state index in [-0.39, 0.29) is 24.1 Å². The summed E-state index contributed by atoms with van der Waals surface area (Å²) in [6, 6.07) is 19.8. The number of para-hydroxylation sites is 1. The Labute approximate surface area is 169 Å². The van der Waals surface area contributed by atoms with E-state index in [0.717, 1.165) is 10.8 Å². The van der Waals surface area contributed by atoms with Crippen LogP contribution in [0, 0.1) is 11.3 Å². The molecule has 2 N–H and O–H groups in total. The number of hydrogen-bond acceptors (Lipinski definition) is 4. The molecule has 0 aliphatic rings. The van der Waals surface area contributed by atoms with Crippen LogP contribution in [-0.2, 0) is 4.79 Å². The summed E-state index contributed by atoms with van der Waals surface area (Å²) in [5.41, 5.74) is 1.06. The highest BCUT2D eigenvalue weighted by molar-refractivity contribution is 6.09. The van der Waals surface area contributed by atoms with E-state index >= 15 is 0 Å². The average Bonchev–Trinajstić information content (AvgIpc) is 2.71. The van der Waals surface area contributed by atoms with Gasteiger partial charge in [0.1, 0.15) is 11.8 Å². The number of hydrogen-bond donors (Lipinski definition) is 2. The van der Waals surface area contributed by atoms with Gasteiger partial charge < -0.3 is 15.4 Å². The highest BCUT2D eigenvalue weighted by Crippen LogP contribution is 2.27. The summed E-state index contributed by atoms with van der Waals surface area (Å²) >= 11 is 0. The number of amides is 2. The number of carbonyl (C=O) groups excluding carboxylic acids is 2. The zero-order valence-corrected chi connectivity index (χ0v) is 16.2. The van der Waals surface area contributed by atoms with Gasteiger partial charge >= 0.3 is 0 Å². The lowest BCUT2D eigenvalue weighted by Crippen LogP contribution is -2.34. The maximum absolute atomic E-state index is 13.0. The van der Waals surface area contributed by atoms with Crippen LogP contribution in [0.25, 0.3) is 10.8 Å². The highest BCUT2D eigenvalue weighted by Gasteiger charge is 2.17. The molecule has 0 aliphatic carbocycles. The van der Waals surface area contributed by atoms with Gasteiger partial charge in [0.05, 0.1) is 16.8 Å². The molecule has 0 unspecified atom stereocenters. The predicted octanol–water partition coefficient (Wildman–Crippen LogP) is 3.87. The standard InChI is InChI=1S/C23H21N3O3/c1-15(2)25-22(27)14-29-21-12-17-8-4-3-7-16(17)11-19(21)23(28)26-20-10-6-5-9-18(20)13-24/h3-12,15H,14H2,1-2H3,(H,25,27)(H,26,28). The third kappa shape index (κ3) is 4.90. The molecule has 3 aromatic rings. The molecule has 0 bridgehead atoms. The summed E-state index contributed by atoms with van der Waals surface area (Å²) in [6.07, 6.45) is 0. The number of anilines is 1. The van der Waals surface area contributed by atoms with E-state index in [4.69, 9.17) is 4.74 Å². The summed E-state index contributed by atoms with van der Waals surface area (Å²) in [4.78, 5) is 24.9. The molecular weight excluding hydrogens is 366 g/mol. The largest absolute Gasteiger partial charge is 0.483 e. The highest BCUT2D eigenvalue weighted by atomic mass is 16.5. The average molecular weight is 387 g/mol. The Bertz CT molecular complexity index is 1100. The number of nitriles is 1. The predicted molar refractivity (Wildman–Crippen MR) is 112 cm³/mol. The van der Waals surface area contributed by atoms with Crippen LogP contribution in [0.2, 0.25) is 0 Å². The second-order valence-electron chi connectivity index (χ2n) is 6.82. The third-order valence-corrected chi connectivity index (χ3v) is 4.20. The lowest BCUT2D eigenvalue weighted by atomic mass is 10.0. The first kappa shape index (κ1) is 19.9. The summed E-state index contributed by atoms with van der Waals surface area (Å²) in [7, 11) is 0. The molecule has 0 atom stereocenters. The fraction of sp³-hybridized carbons (Fsp3) is 0.174. The van der Waals surface area contributed by atoms with E-state index in [9.17, 15) is 14.9 Å². The van der Waals surface area contributed by atoms with E-state index in [1.165, 1.54) is 0 Å². The summed E-state index contributed by atoms with van der Waals surface area (Å²) in [6.45, 7) is 3.52. The van der Waals surface area contributed by atoms with Crippen LogP contribution in [0.15, 0.2) is 60.7 Å². The van der Waals surface area contributed by atoms with E-state index in [1.54, 1.807) is 36.4 Å². The number of fused-ring (bicyclic) bond motifs is 1. The van der Waals surface area contributed by atoms with Gasteiger partial charge in [-0.25, -0.2) is 0 Å². The fourth-order valence-electron chi connectivity index (χ4n) is 2.90. The maximum Gasteiger partial charge on any atom is 0.259 e. The van der Waals surface area contributed by atoms with Gasteiger partial charge in [0, 0.05) is 6.04 Å². The van der Waals surface area contributed by atoms with E-state index in [1.807, 2.05) is 38.1 Å². The molecule has 0 spiro atoms. The molecule has 3 aromatic carbocycles. The first-order valence-electron chi connectivity index (χ1n) is 9.23. The van der Waals surface area contributed by atoms with Crippen molar-refractivity contribution in [1.82, 2.24) is 5.32 Å². The van der Waals surface area contributed by atoms with Crippen molar-refractivity contribution in [2.75, 3.05) is 11.9 Å².